The predicted molar refractivity (Wildman–Crippen MR) is 99.2 cm³/mol. The molecule has 1 aromatic carbocycles. The van der Waals surface area contributed by atoms with Gasteiger partial charge in [0.15, 0.2) is 0 Å². The van der Waals surface area contributed by atoms with Crippen molar-refractivity contribution in [3.8, 4) is 23.7 Å². The van der Waals surface area contributed by atoms with Crippen molar-refractivity contribution in [2.45, 2.75) is 31.8 Å². The number of hydroxylamine groups is 1. The number of nitrogens with two attached hydrogens (primary N) is 1. The second-order valence-corrected chi connectivity index (χ2v) is 7.09. The van der Waals surface area contributed by atoms with Crippen LogP contribution in [0, 0.1) is 35.5 Å². The van der Waals surface area contributed by atoms with E-state index in [1.54, 1.807) is 38.1 Å². The molecular formula is C20H23N3O4. The van der Waals surface area contributed by atoms with Gasteiger partial charge in [0.1, 0.15) is 6.04 Å². The summed E-state index contributed by atoms with van der Waals surface area (Å²) in [7, 11) is 0. The molecule has 0 aliphatic heterocycles. The third kappa shape index (κ3) is 5.83. The van der Waals surface area contributed by atoms with Gasteiger partial charge >= 0.3 is 0 Å². The zero-order valence-corrected chi connectivity index (χ0v) is 15.2. The van der Waals surface area contributed by atoms with E-state index in [1.807, 2.05) is 0 Å². The fourth-order valence-electron chi connectivity index (χ4n) is 2.43. The lowest BCUT2D eigenvalue weighted by Crippen LogP contribution is -2.61. The summed E-state index contributed by atoms with van der Waals surface area (Å²) in [5.74, 6) is 10.6. The van der Waals surface area contributed by atoms with Crippen molar-refractivity contribution in [3.05, 3.63) is 35.4 Å². The van der Waals surface area contributed by atoms with Crippen LogP contribution in [0.3, 0.4) is 0 Å². The lowest BCUT2D eigenvalue weighted by atomic mass is 9.95. The topological polar surface area (TPSA) is 125 Å². The van der Waals surface area contributed by atoms with E-state index >= 15 is 0 Å². The molecule has 0 aromatic heterocycles. The van der Waals surface area contributed by atoms with Gasteiger partial charge in [0.2, 0.25) is 0 Å². The monoisotopic (exact) mass is 369 g/mol. The van der Waals surface area contributed by atoms with E-state index in [9.17, 15) is 9.59 Å². The van der Waals surface area contributed by atoms with Gasteiger partial charge in [0.25, 0.3) is 11.8 Å². The first-order valence-electron chi connectivity index (χ1n) is 8.52. The minimum atomic E-state index is -1.10. The second kappa shape index (κ2) is 8.70. The first-order chi connectivity index (χ1) is 12.8. The van der Waals surface area contributed by atoms with Crippen molar-refractivity contribution in [1.29, 1.82) is 0 Å². The third-order valence-corrected chi connectivity index (χ3v) is 4.22. The average molecular weight is 369 g/mol. The normalized spacial score (nSPS) is 18.9. The molecule has 3 atom stereocenters. The molecule has 142 valence electrons. The Morgan fingerprint density at radius 2 is 1.96 bits per heavy atom. The van der Waals surface area contributed by atoms with E-state index in [0.717, 1.165) is 6.42 Å². The van der Waals surface area contributed by atoms with Gasteiger partial charge in [0, 0.05) is 29.2 Å². The summed E-state index contributed by atoms with van der Waals surface area (Å²) in [6.45, 7) is 3.30. The van der Waals surface area contributed by atoms with Crippen molar-refractivity contribution >= 4 is 11.8 Å². The lowest BCUT2D eigenvalue weighted by Gasteiger charge is -2.29. The maximum Gasteiger partial charge on any atom is 0.267 e. The molecule has 0 saturated heterocycles. The highest BCUT2D eigenvalue weighted by atomic mass is 16.5. The highest BCUT2D eigenvalue weighted by Gasteiger charge is 2.34. The number of carbonyl (C=O) groups excluding carboxylic acids is 2. The number of benzene rings is 1. The minimum absolute atomic E-state index is 0.165. The van der Waals surface area contributed by atoms with Gasteiger partial charge in [0.05, 0.1) is 0 Å². The zero-order chi connectivity index (χ0) is 20.0. The average Bonchev–Trinajstić information content (AvgIpc) is 3.40. The first-order valence-corrected chi connectivity index (χ1v) is 8.52. The van der Waals surface area contributed by atoms with E-state index < -0.39 is 23.4 Å². The quantitative estimate of drug-likeness (QED) is 0.284. The van der Waals surface area contributed by atoms with E-state index in [4.69, 9.17) is 16.0 Å². The van der Waals surface area contributed by atoms with Crippen LogP contribution in [0.4, 0.5) is 0 Å². The molecule has 1 aliphatic carbocycles. The van der Waals surface area contributed by atoms with Gasteiger partial charge in [-0.3, -0.25) is 14.8 Å². The number of amides is 2. The molecule has 2 rings (SSSR count). The van der Waals surface area contributed by atoms with Crippen LogP contribution >= 0.6 is 0 Å². The van der Waals surface area contributed by atoms with Crippen molar-refractivity contribution in [2.75, 3.05) is 6.61 Å². The summed E-state index contributed by atoms with van der Waals surface area (Å²) < 4.78 is 0. The molecule has 2 amide bonds. The van der Waals surface area contributed by atoms with Crippen LogP contribution in [0.25, 0.3) is 0 Å². The van der Waals surface area contributed by atoms with Crippen LogP contribution in [0.15, 0.2) is 24.3 Å². The van der Waals surface area contributed by atoms with Crippen LogP contribution in [-0.4, -0.2) is 40.3 Å². The SMILES string of the molecule is CC(C)(N)C(NC(=O)c1ccc(C#CC#CC2CC2CO)cc1)C(=O)NO. The molecule has 1 fully saturated rings. The first kappa shape index (κ1) is 20.5. The Labute approximate surface area is 158 Å². The predicted octanol–water partition coefficient (Wildman–Crippen LogP) is 0.0110. The van der Waals surface area contributed by atoms with Crippen LogP contribution in [0.5, 0.6) is 0 Å². The Morgan fingerprint density at radius 1 is 1.30 bits per heavy atom. The van der Waals surface area contributed by atoms with Crippen molar-refractivity contribution in [3.63, 3.8) is 0 Å². The van der Waals surface area contributed by atoms with Crippen LogP contribution in [0.2, 0.25) is 0 Å². The molecule has 0 heterocycles. The molecule has 3 unspecified atom stereocenters. The Bertz CT molecular complexity index is 819. The highest BCUT2D eigenvalue weighted by Crippen LogP contribution is 2.36. The summed E-state index contributed by atoms with van der Waals surface area (Å²) in [5.41, 5.74) is 7.35. The minimum Gasteiger partial charge on any atom is -0.396 e. The molecule has 0 spiro atoms. The highest BCUT2D eigenvalue weighted by molar-refractivity contribution is 5.97. The molecular weight excluding hydrogens is 346 g/mol. The fourth-order valence-corrected chi connectivity index (χ4v) is 2.43. The summed E-state index contributed by atoms with van der Waals surface area (Å²) in [5, 5.41) is 20.3. The number of hydrogen-bond acceptors (Lipinski definition) is 5. The fraction of sp³-hybridized carbons (Fsp3) is 0.400. The van der Waals surface area contributed by atoms with Gasteiger partial charge in [-0.25, -0.2) is 5.48 Å². The van der Waals surface area contributed by atoms with E-state index in [2.05, 4.69) is 29.0 Å². The van der Waals surface area contributed by atoms with Gasteiger partial charge in [-0.05, 0) is 62.3 Å². The van der Waals surface area contributed by atoms with Crippen LogP contribution < -0.4 is 16.5 Å². The Kier molecular flexibility index (Phi) is 6.59. The van der Waals surface area contributed by atoms with Crippen LogP contribution in [0.1, 0.15) is 36.2 Å². The number of aliphatic hydroxyl groups excluding tert-OH is 1. The van der Waals surface area contributed by atoms with E-state index in [1.165, 1.54) is 5.48 Å². The Balaban J connectivity index is 2.00. The number of carbonyl (C=O) groups is 2. The molecule has 0 radical (unpaired) electrons. The number of hydrogen-bond donors (Lipinski definition) is 5. The van der Waals surface area contributed by atoms with Crippen molar-refractivity contribution in [1.82, 2.24) is 10.8 Å². The van der Waals surface area contributed by atoms with Crippen molar-refractivity contribution < 1.29 is 19.9 Å². The molecule has 0 bridgehead atoms. The molecule has 7 heteroatoms. The molecule has 1 aliphatic rings. The smallest absolute Gasteiger partial charge is 0.267 e. The zero-order valence-electron chi connectivity index (χ0n) is 15.2. The third-order valence-electron chi connectivity index (χ3n) is 4.22. The maximum atomic E-state index is 12.3. The maximum absolute atomic E-state index is 12.3. The molecule has 1 saturated carbocycles. The van der Waals surface area contributed by atoms with Gasteiger partial charge < -0.3 is 16.2 Å². The summed E-state index contributed by atoms with van der Waals surface area (Å²) in [4.78, 5) is 24.0. The Morgan fingerprint density at radius 3 is 2.48 bits per heavy atom. The molecule has 6 N–H and O–H groups in total. The molecule has 27 heavy (non-hydrogen) atoms. The summed E-state index contributed by atoms with van der Waals surface area (Å²) >= 11 is 0. The largest absolute Gasteiger partial charge is 0.396 e. The van der Waals surface area contributed by atoms with Crippen molar-refractivity contribution in [2.24, 2.45) is 17.6 Å². The number of aliphatic hydroxyl groups is 1. The lowest BCUT2D eigenvalue weighted by molar-refractivity contribution is -0.132. The number of nitrogens with one attached hydrogen (secondary N) is 2. The summed E-state index contributed by atoms with van der Waals surface area (Å²) in [6, 6.07) is 5.40. The second-order valence-electron chi connectivity index (χ2n) is 7.09. The van der Waals surface area contributed by atoms with Gasteiger partial charge in [-0.1, -0.05) is 11.8 Å². The van der Waals surface area contributed by atoms with Crippen LogP contribution in [-0.2, 0) is 4.79 Å². The molecule has 1 aromatic rings. The van der Waals surface area contributed by atoms with E-state index in [-0.39, 0.29) is 18.4 Å². The van der Waals surface area contributed by atoms with Gasteiger partial charge in [-0.15, -0.1) is 0 Å². The van der Waals surface area contributed by atoms with Gasteiger partial charge in [-0.2, -0.15) is 0 Å². The van der Waals surface area contributed by atoms with E-state index in [0.29, 0.717) is 11.1 Å². The molecule has 7 nitrogen and oxygen atoms in total. The Hall–Kier alpha value is -2.84. The standard InChI is InChI=1S/C20H23N3O4/c1-20(2,21)17(19(26)23-27)22-18(25)14-9-7-13(8-10-14)5-3-4-6-15-11-16(15)12-24/h7-10,15-17,24,27H,11-12,21H2,1-2H3,(H,22,25)(H,23,26). The summed E-state index contributed by atoms with van der Waals surface area (Å²) in [6.07, 6.45) is 0.921. The number of rotatable bonds is 5.